The average molecular weight is 521 g/mol. The van der Waals surface area contributed by atoms with E-state index in [4.69, 9.17) is 11.6 Å². The first-order chi connectivity index (χ1) is 16.2. The molecule has 0 radical (unpaired) electrons. The van der Waals surface area contributed by atoms with Crippen LogP contribution in [0.25, 0.3) is 0 Å². The third kappa shape index (κ3) is 4.32. The number of non-ortho nitro benzene ring substituents is 1. The lowest BCUT2D eigenvalue weighted by atomic mass is 9.91. The fraction of sp³-hybridized carbons (Fsp3) is 0.217. The Labute approximate surface area is 205 Å². The number of aromatic nitrogens is 1. The van der Waals surface area contributed by atoms with Gasteiger partial charge in [0.15, 0.2) is 11.6 Å². The molecule has 2 heterocycles. The largest absolute Gasteiger partial charge is 0.505 e. The van der Waals surface area contributed by atoms with Gasteiger partial charge in [-0.1, -0.05) is 38.4 Å². The van der Waals surface area contributed by atoms with Crippen LogP contribution < -0.4 is 5.32 Å². The second-order valence-electron chi connectivity index (χ2n) is 9.12. The van der Waals surface area contributed by atoms with E-state index in [1.165, 1.54) is 34.9 Å². The van der Waals surface area contributed by atoms with Crippen LogP contribution in [0.2, 0.25) is 5.02 Å². The molecule has 2 aromatic carbocycles. The van der Waals surface area contributed by atoms with E-state index >= 15 is 0 Å². The van der Waals surface area contributed by atoms with E-state index in [2.05, 4.69) is 15.6 Å². The minimum Gasteiger partial charge on any atom is -0.505 e. The Balaban J connectivity index is 1.88. The van der Waals surface area contributed by atoms with Gasteiger partial charge >= 0.3 is 0 Å². The average Bonchev–Trinajstić information content (AvgIpc) is 2.99. The molecular weight excluding hydrogens is 499 g/mol. The summed E-state index contributed by atoms with van der Waals surface area (Å²) < 4.78 is 32.5. The van der Waals surface area contributed by atoms with Gasteiger partial charge < -0.3 is 20.1 Å². The van der Waals surface area contributed by atoms with Gasteiger partial charge in [0, 0.05) is 17.5 Å². The quantitative estimate of drug-likeness (QED) is 0.257. The van der Waals surface area contributed by atoms with E-state index < -0.39 is 25.9 Å². The molecular formula is C23H22ClFN4O5S. The molecule has 1 aromatic heterocycles. The summed E-state index contributed by atoms with van der Waals surface area (Å²) in [6.45, 7) is 5.53. The van der Waals surface area contributed by atoms with Crippen LogP contribution in [-0.2, 0) is 21.7 Å². The number of fused-ring (bicyclic) bond motifs is 1. The third-order valence-corrected chi connectivity index (χ3v) is 7.29. The predicted octanol–water partition coefficient (Wildman–Crippen LogP) is 4.81. The van der Waals surface area contributed by atoms with Crippen molar-refractivity contribution in [3.8, 4) is 11.6 Å². The Morgan fingerprint density at radius 2 is 1.94 bits per heavy atom. The van der Waals surface area contributed by atoms with E-state index in [1.54, 1.807) is 0 Å². The van der Waals surface area contributed by atoms with Crippen molar-refractivity contribution in [1.82, 2.24) is 4.57 Å². The molecule has 9 nitrogen and oxygen atoms in total. The molecule has 0 bridgehead atoms. The predicted molar refractivity (Wildman–Crippen MR) is 134 cm³/mol. The van der Waals surface area contributed by atoms with E-state index in [9.17, 15) is 28.9 Å². The SMILES string of the molecule is C=S1(=O)N=C(c2c(O)c(C(C)(C)C)n(Cc3ccc(F)c(Cl)c3)c2O)Nc2ccc([N+](=O)[O-])cc21. The van der Waals surface area contributed by atoms with Crippen molar-refractivity contribution < 1.29 is 23.7 Å². The van der Waals surface area contributed by atoms with E-state index in [0.717, 1.165) is 6.07 Å². The number of nitrogens with zero attached hydrogens (tertiary/aromatic N) is 3. The molecule has 35 heavy (non-hydrogen) atoms. The third-order valence-electron chi connectivity index (χ3n) is 5.49. The van der Waals surface area contributed by atoms with Crippen LogP contribution in [0, 0.1) is 15.9 Å². The summed E-state index contributed by atoms with van der Waals surface area (Å²) in [7, 11) is -3.41. The monoisotopic (exact) mass is 520 g/mol. The number of amidine groups is 1. The van der Waals surface area contributed by atoms with Gasteiger partial charge in [-0.25, -0.2) is 8.60 Å². The summed E-state index contributed by atoms with van der Waals surface area (Å²) >= 11 is 5.91. The van der Waals surface area contributed by atoms with Crippen LogP contribution in [-0.4, -0.2) is 35.6 Å². The van der Waals surface area contributed by atoms with Gasteiger partial charge in [-0.2, -0.15) is 4.40 Å². The van der Waals surface area contributed by atoms with E-state index in [-0.39, 0.29) is 50.9 Å². The second kappa shape index (κ2) is 8.28. The smallest absolute Gasteiger partial charge is 0.270 e. The van der Waals surface area contributed by atoms with Crippen molar-refractivity contribution in [3.63, 3.8) is 0 Å². The Morgan fingerprint density at radius 1 is 1.26 bits per heavy atom. The number of nitrogens with one attached hydrogen (secondary N) is 1. The molecule has 12 heteroatoms. The molecule has 4 rings (SSSR count). The molecule has 184 valence electrons. The molecule has 3 aromatic rings. The van der Waals surface area contributed by atoms with Gasteiger partial charge in [0.05, 0.1) is 42.5 Å². The topological polar surface area (TPSA) is 130 Å². The van der Waals surface area contributed by atoms with Gasteiger partial charge in [-0.15, -0.1) is 0 Å². The van der Waals surface area contributed by atoms with Crippen LogP contribution in [0.4, 0.5) is 15.8 Å². The lowest BCUT2D eigenvalue weighted by Gasteiger charge is -2.22. The Hall–Kier alpha value is -3.57. The molecule has 1 unspecified atom stereocenters. The fourth-order valence-corrected chi connectivity index (χ4v) is 5.49. The maximum absolute atomic E-state index is 13.6. The van der Waals surface area contributed by atoms with Crippen molar-refractivity contribution >= 4 is 44.4 Å². The second-order valence-corrected chi connectivity index (χ2v) is 11.4. The molecule has 3 N–H and O–H groups in total. The number of benzene rings is 2. The molecule has 1 atom stereocenters. The van der Waals surface area contributed by atoms with Crippen molar-refractivity contribution in [2.45, 2.75) is 37.6 Å². The summed E-state index contributed by atoms with van der Waals surface area (Å²) in [6.07, 6.45) is 0. The highest BCUT2D eigenvalue weighted by Gasteiger charge is 2.35. The van der Waals surface area contributed by atoms with Crippen molar-refractivity contribution in [3.05, 3.63) is 74.2 Å². The number of hydrogen-bond acceptors (Lipinski definition) is 6. The maximum atomic E-state index is 13.6. The van der Waals surface area contributed by atoms with Gasteiger partial charge in [0.25, 0.3) is 5.69 Å². The Morgan fingerprint density at radius 3 is 2.54 bits per heavy atom. The van der Waals surface area contributed by atoms with Crippen LogP contribution in [0.5, 0.6) is 11.6 Å². The van der Waals surface area contributed by atoms with Gasteiger partial charge in [0.2, 0.25) is 5.88 Å². The van der Waals surface area contributed by atoms with Gasteiger partial charge in [-0.3, -0.25) is 10.1 Å². The molecule has 0 aliphatic carbocycles. The summed E-state index contributed by atoms with van der Waals surface area (Å²) in [5, 5.41) is 36.3. The number of nitro benzene ring substituents is 1. The van der Waals surface area contributed by atoms with Crippen molar-refractivity contribution in [1.29, 1.82) is 0 Å². The number of nitro groups is 1. The summed E-state index contributed by atoms with van der Waals surface area (Å²) in [5.74, 6) is 2.26. The van der Waals surface area contributed by atoms with E-state index in [1.807, 2.05) is 20.8 Å². The number of anilines is 1. The Bertz CT molecular complexity index is 1520. The zero-order valence-electron chi connectivity index (χ0n) is 19.0. The first-order valence-corrected chi connectivity index (χ1v) is 12.4. The van der Waals surface area contributed by atoms with Crippen LogP contribution in [0.1, 0.15) is 37.6 Å². The zero-order valence-corrected chi connectivity index (χ0v) is 20.6. The summed E-state index contributed by atoms with van der Waals surface area (Å²) in [5.41, 5.74) is 0.114. The number of halogens is 2. The molecule has 1 aliphatic heterocycles. The molecule has 0 fully saturated rings. The zero-order chi connectivity index (χ0) is 25.9. The highest BCUT2D eigenvalue weighted by atomic mass is 35.5. The standard InChI is InChI=1S/C23H22ClFN4O5S/c1-23(2,3)20-19(30)18(22(31)28(20)11-12-5-7-15(25)14(24)9-12)21-26-16-8-6-13(29(32)33)10-17(16)35(4,34)27-21/h5-10,30-31H,4,11H2,1-3H3,(H,26,27,34). The van der Waals surface area contributed by atoms with Crippen LogP contribution >= 0.6 is 11.6 Å². The number of aromatic hydroxyl groups is 2. The number of hydrogen-bond donors (Lipinski definition) is 3. The van der Waals surface area contributed by atoms with Crippen LogP contribution in [0.3, 0.4) is 0 Å². The lowest BCUT2D eigenvalue weighted by molar-refractivity contribution is -0.385. The van der Waals surface area contributed by atoms with Crippen molar-refractivity contribution in [2.75, 3.05) is 5.32 Å². The minimum atomic E-state index is -3.41. The summed E-state index contributed by atoms with van der Waals surface area (Å²) in [6, 6.07) is 7.85. The highest BCUT2D eigenvalue weighted by Crippen LogP contribution is 2.43. The van der Waals surface area contributed by atoms with Crippen molar-refractivity contribution in [2.24, 2.45) is 4.40 Å². The molecule has 1 aliphatic rings. The van der Waals surface area contributed by atoms with Gasteiger partial charge in [0.1, 0.15) is 11.4 Å². The minimum absolute atomic E-state index is 0.0332. The molecule has 0 spiro atoms. The number of rotatable bonds is 4. The highest BCUT2D eigenvalue weighted by molar-refractivity contribution is 7.99. The normalized spacial score (nSPS) is 17.5. The molecule has 0 saturated heterocycles. The van der Waals surface area contributed by atoms with E-state index in [0.29, 0.717) is 11.3 Å². The van der Waals surface area contributed by atoms with Gasteiger partial charge in [-0.05, 0) is 29.6 Å². The summed E-state index contributed by atoms with van der Waals surface area (Å²) in [4.78, 5) is 10.5. The Kier molecular flexibility index (Phi) is 5.81. The first kappa shape index (κ1) is 24.6. The fourth-order valence-electron chi connectivity index (χ4n) is 3.99. The van der Waals surface area contributed by atoms with Crippen LogP contribution in [0.15, 0.2) is 45.7 Å². The first-order valence-electron chi connectivity index (χ1n) is 10.3. The maximum Gasteiger partial charge on any atom is 0.270 e. The molecule has 0 amide bonds. The molecule has 0 saturated carbocycles. The lowest BCUT2D eigenvalue weighted by Crippen LogP contribution is -2.22.